The van der Waals surface area contributed by atoms with Crippen LogP contribution in [0.3, 0.4) is 0 Å². The zero-order chi connectivity index (χ0) is 13.5. The molecule has 17 heavy (non-hydrogen) atoms. The van der Waals surface area contributed by atoms with Crippen molar-refractivity contribution >= 4 is 15.7 Å². The van der Waals surface area contributed by atoms with Crippen molar-refractivity contribution in [3.8, 4) is 0 Å². The Hall–Kier alpha value is -0.620. The molecule has 0 aliphatic carbocycles. The summed E-state index contributed by atoms with van der Waals surface area (Å²) in [5, 5.41) is 9.06. The fraction of sp³-hybridized carbons (Fsp3) is 0.909. The van der Waals surface area contributed by atoms with Gasteiger partial charge < -0.3 is 10.8 Å². The van der Waals surface area contributed by atoms with Crippen LogP contribution in [0.25, 0.3) is 0 Å². The zero-order valence-electron chi connectivity index (χ0n) is 10.7. The Morgan fingerprint density at radius 3 is 2.29 bits per heavy atom. The summed E-state index contributed by atoms with van der Waals surface area (Å²) < 4.78 is 19.5. The number of aliphatic carboxylic acids is 1. The predicted molar refractivity (Wildman–Crippen MR) is 69.6 cm³/mol. The van der Waals surface area contributed by atoms with E-state index in [2.05, 4.69) is 0 Å². The molecule has 0 bridgehead atoms. The van der Waals surface area contributed by atoms with Crippen molar-refractivity contribution in [2.45, 2.75) is 51.5 Å². The van der Waals surface area contributed by atoms with Crippen molar-refractivity contribution in [2.24, 2.45) is 5.73 Å². The maximum Gasteiger partial charge on any atom is 0.323 e. The van der Waals surface area contributed by atoms with Crippen molar-refractivity contribution in [2.75, 3.05) is 11.5 Å². The summed E-state index contributed by atoms with van der Waals surface area (Å²) in [6.07, 6.45) is 2.75. The molecule has 6 heteroatoms. The quantitative estimate of drug-likeness (QED) is 0.590. The highest BCUT2D eigenvalue weighted by molar-refractivity contribution is 7.92. The van der Waals surface area contributed by atoms with Gasteiger partial charge >= 0.3 is 5.97 Å². The van der Waals surface area contributed by atoms with Gasteiger partial charge in [-0.2, -0.15) is 0 Å². The van der Waals surface area contributed by atoms with E-state index in [1.807, 2.05) is 13.8 Å². The number of carboxylic acids is 1. The van der Waals surface area contributed by atoms with Crippen LogP contribution in [0.5, 0.6) is 0 Å². The van der Waals surface area contributed by atoms with Crippen LogP contribution in [0.1, 0.15) is 46.0 Å². The fourth-order valence-electron chi connectivity index (χ4n) is 1.61. The van der Waals surface area contributed by atoms with Crippen LogP contribution in [0.2, 0.25) is 0 Å². The Kier molecular flexibility index (Phi) is 6.70. The molecule has 0 heterocycles. The molecule has 4 N–H and O–H groups in total. The lowest BCUT2D eigenvalue weighted by atomic mass is 9.92. The van der Waals surface area contributed by atoms with Gasteiger partial charge in [-0.15, -0.1) is 0 Å². The Labute approximate surface area is 104 Å². The summed E-state index contributed by atoms with van der Waals surface area (Å²) >= 11 is 0. The number of unbranched alkanes of at least 4 members (excludes halogenated alkanes) is 1. The van der Waals surface area contributed by atoms with Gasteiger partial charge in [-0.3, -0.25) is 9.57 Å². The van der Waals surface area contributed by atoms with Gasteiger partial charge in [-0.05, 0) is 19.3 Å². The lowest BCUT2D eigenvalue weighted by Gasteiger charge is -2.24. The molecule has 0 aliphatic rings. The van der Waals surface area contributed by atoms with Crippen LogP contribution in [0.4, 0.5) is 0 Å². The summed E-state index contributed by atoms with van der Waals surface area (Å²) in [6.45, 7) is 3.83. The fourth-order valence-corrected chi connectivity index (χ4v) is 3.26. The lowest BCUT2D eigenvalue weighted by molar-refractivity contribution is -0.143. The predicted octanol–water partition coefficient (Wildman–Crippen LogP) is 1.81. The molecule has 0 aromatic rings. The van der Waals surface area contributed by atoms with Gasteiger partial charge in [0, 0.05) is 21.2 Å². The second kappa shape index (κ2) is 6.96. The van der Waals surface area contributed by atoms with Gasteiger partial charge in [0.15, 0.2) is 0 Å². The third-order valence-electron chi connectivity index (χ3n) is 2.83. The van der Waals surface area contributed by atoms with Gasteiger partial charge in [0.1, 0.15) is 5.54 Å². The van der Waals surface area contributed by atoms with Gasteiger partial charge in [-0.1, -0.05) is 26.7 Å². The first-order valence-corrected chi connectivity index (χ1v) is 7.93. The van der Waals surface area contributed by atoms with Gasteiger partial charge in [-0.25, -0.2) is 4.21 Å². The molecule has 0 saturated carbocycles. The number of carboxylic acid groups (broad SMARTS) is 1. The standard InChI is InChI=1S/C11H24N2O3S/c1-3-5-8-17(13,16)9-7-11(12,6-4-2)10(14)15/h13H,3-9,12H2,1-2H3,(H,14,15)/t11-,17?/m0/s1. The molecule has 0 aromatic heterocycles. The third kappa shape index (κ3) is 6.02. The summed E-state index contributed by atoms with van der Waals surface area (Å²) in [7, 11) is -2.67. The monoisotopic (exact) mass is 264 g/mol. The number of nitrogens with one attached hydrogen (secondary N) is 1. The number of hydrogen-bond acceptors (Lipinski definition) is 4. The van der Waals surface area contributed by atoms with Crippen molar-refractivity contribution in [3.63, 3.8) is 0 Å². The highest BCUT2D eigenvalue weighted by Gasteiger charge is 2.33. The third-order valence-corrected chi connectivity index (χ3v) is 4.64. The average Bonchev–Trinajstić information content (AvgIpc) is 2.24. The largest absolute Gasteiger partial charge is 0.480 e. The SMILES string of the molecule is CCCCS(=N)(=O)CC[C@@](N)(CCC)C(=O)O. The van der Waals surface area contributed by atoms with Crippen LogP contribution in [-0.4, -0.2) is 32.3 Å². The minimum Gasteiger partial charge on any atom is -0.480 e. The maximum absolute atomic E-state index is 11.8. The molecule has 2 atom stereocenters. The first-order valence-electron chi connectivity index (χ1n) is 6.04. The Balaban J connectivity index is 4.45. The van der Waals surface area contributed by atoms with Crippen LogP contribution >= 0.6 is 0 Å². The van der Waals surface area contributed by atoms with Crippen molar-refractivity contribution in [1.82, 2.24) is 0 Å². The van der Waals surface area contributed by atoms with Gasteiger partial charge in [0.05, 0.1) is 0 Å². The molecule has 0 aliphatic heterocycles. The molecule has 0 aromatic carbocycles. The molecule has 0 radical (unpaired) electrons. The van der Waals surface area contributed by atoms with Crippen LogP contribution in [0, 0.1) is 4.78 Å². The van der Waals surface area contributed by atoms with E-state index in [1.165, 1.54) is 0 Å². The van der Waals surface area contributed by atoms with E-state index in [0.29, 0.717) is 18.6 Å². The van der Waals surface area contributed by atoms with Crippen LogP contribution in [-0.2, 0) is 14.5 Å². The lowest BCUT2D eigenvalue weighted by Crippen LogP contribution is -2.49. The molecule has 0 saturated heterocycles. The van der Waals surface area contributed by atoms with Crippen LogP contribution in [0.15, 0.2) is 0 Å². The number of nitrogens with two attached hydrogens (primary N) is 1. The van der Waals surface area contributed by atoms with E-state index >= 15 is 0 Å². The second-order valence-corrected chi connectivity index (χ2v) is 6.98. The maximum atomic E-state index is 11.8. The van der Waals surface area contributed by atoms with E-state index < -0.39 is 21.2 Å². The first-order chi connectivity index (χ1) is 7.77. The molecule has 0 spiro atoms. The van der Waals surface area contributed by atoms with Crippen molar-refractivity contribution in [3.05, 3.63) is 0 Å². The summed E-state index contributed by atoms with van der Waals surface area (Å²) in [4.78, 5) is 11.1. The smallest absolute Gasteiger partial charge is 0.323 e. The van der Waals surface area contributed by atoms with E-state index in [9.17, 15) is 9.00 Å². The highest BCUT2D eigenvalue weighted by Crippen LogP contribution is 2.17. The van der Waals surface area contributed by atoms with Crippen molar-refractivity contribution in [1.29, 1.82) is 4.78 Å². The zero-order valence-corrected chi connectivity index (χ0v) is 11.5. The Bertz CT molecular complexity index is 341. The normalized spacial score (nSPS) is 18.3. The molecule has 5 nitrogen and oxygen atoms in total. The Morgan fingerprint density at radius 2 is 1.88 bits per heavy atom. The van der Waals surface area contributed by atoms with E-state index in [0.717, 1.165) is 12.8 Å². The second-order valence-electron chi connectivity index (χ2n) is 4.53. The summed E-state index contributed by atoms with van der Waals surface area (Å²) in [5.74, 6) is -0.647. The summed E-state index contributed by atoms with van der Waals surface area (Å²) in [6, 6.07) is 0. The van der Waals surface area contributed by atoms with Gasteiger partial charge in [0.25, 0.3) is 0 Å². The van der Waals surface area contributed by atoms with E-state index in [-0.39, 0.29) is 12.2 Å². The van der Waals surface area contributed by atoms with E-state index in [1.54, 1.807) is 0 Å². The minimum atomic E-state index is -2.67. The number of carbonyl (C=O) groups is 1. The first kappa shape index (κ1) is 16.4. The number of rotatable bonds is 9. The number of hydrogen-bond donors (Lipinski definition) is 3. The Morgan fingerprint density at radius 1 is 1.29 bits per heavy atom. The molecule has 0 rings (SSSR count). The van der Waals surface area contributed by atoms with Gasteiger partial charge in [0.2, 0.25) is 0 Å². The summed E-state index contributed by atoms with van der Waals surface area (Å²) in [5.41, 5.74) is 4.45. The van der Waals surface area contributed by atoms with Crippen LogP contribution < -0.4 is 5.73 Å². The molecular formula is C11H24N2O3S. The molecule has 1 unspecified atom stereocenters. The molecular weight excluding hydrogens is 240 g/mol. The molecule has 102 valence electrons. The molecule has 0 fully saturated rings. The molecule has 0 amide bonds. The van der Waals surface area contributed by atoms with Crippen molar-refractivity contribution < 1.29 is 14.1 Å². The van der Waals surface area contributed by atoms with E-state index in [4.69, 9.17) is 15.6 Å². The topological polar surface area (TPSA) is 104 Å². The highest BCUT2D eigenvalue weighted by atomic mass is 32.2. The minimum absolute atomic E-state index is 0.0792. The average molecular weight is 264 g/mol.